The number of hydrogen-bond acceptors (Lipinski definition) is 6. The van der Waals surface area contributed by atoms with Crippen molar-refractivity contribution in [1.29, 1.82) is 0 Å². The number of aryl methyl sites for hydroxylation is 1. The molecule has 0 aliphatic carbocycles. The van der Waals surface area contributed by atoms with Gasteiger partial charge in [-0.25, -0.2) is 4.68 Å². The lowest BCUT2D eigenvalue weighted by Gasteiger charge is -2.11. The second-order valence-electron chi connectivity index (χ2n) is 4.30. The van der Waals surface area contributed by atoms with Gasteiger partial charge in [-0.1, -0.05) is 5.16 Å². The van der Waals surface area contributed by atoms with E-state index in [1.54, 1.807) is 13.1 Å². The molecule has 102 valence electrons. The molecule has 2 aromatic heterocycles. The summed E-state index contributed by atoms with van der Waals surface area (Å²) in [7, 11) is 0. The van der Waals surface area contributed by atoms with Gasteiger partial charge in [-0.2, -0.15) is 10.1 Å². The van der Waals surface area contributed by atoms with Gasteiger partial charge in [-0.15, -0.1) is 0 Å². The fourth-order valence-corrected chi connectivity index (χ4v) is 1.95. The maximum absolute atomic E-state index is 12.0. The normalized spacial score (nSPS) is 11.0. The summed E-state index contributed by atoms with van der Waals surface area (Å²) in [6.45, 7) is 5.88. The molecule has 0 aromatic carbocycles. The van der Waals surface area contributed by atoms with Crippen LogP contribution < -0.4 is 10.9 Å². The van der Waals surface area contributed by atoms with Crippen LogP contribution in [0.15, 0.2) is 20.0 Å². The average Bonchev–Trinajstić information content (AvgIpc) is 2.76. The van der Waals surface area contributed by atoms with Gasteiger partial charge in [0.1, 0.15) is 4.47 Å². The van der Waals surface area contributed by atoms with Crippen LogP contribution in [0.1, 0.15) is 31.6 Å². The third kappa shape index (κ3) is 3.01. The van der Waals surface area contributed by atoms with Crippen molar-refractivity contribution in [2.24, 2.45) is 0 Å². The maximum atomic E-state index is 12.0. The first-order valence-corrected chi connectivity index (χ1v) is 6.58. The molecule has 0 saturated carbocycles. The Hall–Kier alpha value is -1.70. The largest absolute Gasteiger partial charge is 0.375 e. The summed E-state index contributed by atoms with van der Waals surface area (Å²) in [4.78, 5) is 16.1. The number of aromatic nitrogens is 4. The third-order valence-corrected chi connectivity index (χ3v) is 3.21. The summed E-state index contributed by atoms with van der Waals surface area (Å²) >= 11 is 3.28. The van der Waals surface area contributed by atoms with Gasteiger partial charge in [0.05, 0.1) is 24.5 Å². The van der Waals surface area contributed by atoms with Crippen LogP contribution in [-0.4, -0.2) is 19.9 Å². The lowest BCUT2D eigenvalue weighted by molar-refractivity contribution is 0.388. The highest BCUT2D eigenvalue weighted by Crippen LogP contribution is 2.17. The van der Waals surface area contributed by atoms with Crippen LogP contribution in [0.5, 0.6) is 0 Å². The van der Waals surface area contributed by atoms with Crippen LogP contribution >= 0.6 is 15.9 Å². The van der Waals surface area contributed by atoms with E-state index in [4.69, 9.17) is 4.52 Å². The second-order valence-corrected chi connectivity index (χ2v) is 5.09. The molecular weight excluding hydrogens is 314 g/mol. The van der Waals surface area contributed by atoms with Crippen LogP contribution in [0.25, 0.3) is 0 Å². The Labute approximate surface area is 118 Å². The predicted molar refractivity (Wildman–Crippen MR) is 72.9 cm³/mol. The molecule has 0 amide bonds. The Morgan fingerprint density at radius 3 is 2.84 bits per heavy atom. The Morgan fingerprint density at radius 1 is 1.53 bits per heavy atom. The molecule has 2 aromatic rings. The lowest BCUT2D eigenvalue weighted by Crippen LogP contribution is -2.26. The summed E-state index contributed by atoms with van der Waals surface area (Å²) in [5, 5.41) is 10.9. The van der Waals surface area contributed by atoms with E-state index in [1.165, 1.54) is 4.68 Å². The molecule has 0 unspecified atom stereocenters. The first-order valence-electron chi connectivity index (χ1n) is 5.79. The van der Waals surface area contributed by atoms with E-state index < -0.39 is 0 Å². The molecule has 0 fully saturated rings. The van der Waals surface area contributed by atoms with Crippen molar-refractivity contribution in [3.63, 3.8) is 0 Å². The van der Waals surface area contributed by atoms with Gasteiger partial charge < -0.3 is 9.84 Å². The highest BCUT2D eigenvalue weighted by molar-refractivity contribution is 9.10. The molecule has 0 aliphatic rings. The lowest BCUT2D eigenvalue weighted by atomic mass is 10.4. The topological polar surface area (TPSA) is 85.8 Å². The standard InChI is InChI=1S/C11H14BrN5O2/c1-6(2)17-11(18)10(12)8(4-14-17)13-5-9-15-7(3)19-16-9/h4,6,13H,5H2,1-3H3. The summed E-state index contributed by atoms with van der Waals surface area (Å²) in [5.74, 6) is 1.03. The van der Waals surface area contributed by atoms with E-state index in [0.717, 1.165) is 0 Å². The molecule has 1 N–H and O–H groups in total. The number of rotatable bonds is 4. The van der Waals surface area contributed by atoms with Crippen molar-refractivity contribution in [2.75, 3.05) is 5.32 Å². The highest BCUT2D eigenvalue weighted by atomic mass is 79.9. The zero-order valence-corrected chi connectivity index (χ0v) is 12.4. The maximum Gasteiger partial charge on any atom is 0.283 e. The minimum absolute atomic E-state index is 0.0118. The van der Waals surface area contributed by atoms with Crippen LogP contribution in [0.4, 0.5) is 5.69 Å². The second kappa shape index (κ2) is 5.52. The van der Waals surface area contributed by atoms with Crippen molar-refractivity contribution in [2.45, 2.75) is 33.4 Å². The fraction of sp³-hybridized carbons (Fsp3) is 0.455. The highest BCUT2D eigenvalue weighted by Gasteiger charge is 2.11. The van der Waals surface area contributed by atoms with E-state index in [9.17, 15) is 4.79 Å². The molecular formula is C11H14BrN5O2. The number of nitrogens with one attached hydrogen (secondary N) is 1. The zero-order chi connectivity index (χ0) is 14.0. The molecule has 0 spiro atoms. The van der Waals surface area contributed by atoms with Crippen molar-refractivity contribution >= 4 is 21.6 Å². The van der Waals surface area contributed by atoms with Gasteiger partial charge in [-0.3, -0.25) is 4.79 Å². The first kappa shape index (κ1) is 13.7. The fourth-order valence-electron chi connectivity index (χ4n) is 1.52. The summed E-state index contributed by atoms with van der Waals surface area (Å²) in [6.07, 6.45) is 1.60. The van der Waals surface area contributed by atoms with Crippen molar-refractivity contribution in [3.8, 4) is 0 Å². The van der Waals surface area contributed by atoms with E-state index >= 15 is 0 Å². The summed E-state index contributed by atoms with van der Waals surface area (Å²) < 4.78 is 6.71. The van der Waals surface area contributed by atoms with Gasteiger partial charge in [0.15, 0.2) is 5.82 Å². The zero-order valence-electron chi connectivity index (χ0n) is 10.8. The molecule has 0 aliphatic heterocycles. The summed E-state index contributed by atoms with van der Waals surface area (Å²) in [5.41, 5.74) is 0.425. The monoisotopic (exact) mass is 327 g/mol. The van der Waals surface area contributed by atoms with E-state index in [1.807, 2.05) is 13.8 Å². The first-order chi connectivity index (χ1) is 8.99. The number of halogens is 1. The van der Waals surface area contributed by atoms with Gasteiger partial charge in [0, 0.05) is 6.92 Å². The van der Waals surface area contributed by atoms with Crippen LogP contribution in [-0.2, 0) is 6.54 Å². The molecule has 7 nitrogen and oxygen atoms in total. The molecule has 0 saturated heterocycles. The molecule has 0 radical (unpaired) electrons. The molecule has 19 heavy (non-hydrogen) atoms. The summed E-state index contributed by atoms with van der Waals surface area (Å²) in [6, 6.07) is 0.0118. The third-order valence-electron chi connectivity index (χ3n) is 2.44. The van der Waals surface area contributed by atoms with E-state index in [2.05, 4.69) is 36.5 Å². The van der Waals surface area contributed by atoms with Gasteiger partial charge in [-0.05, 0) is 29.8 Å². The molecule has 8 heteroatoms. The quantitative estimate of drug-likeness (QED) is 0.922. The molecule has 0 bridgehead atoms. The average molecular weight is 328 g/mol. The predicted octanol–water partition coefficient (Wildman–Crippen LogP) is 1.89. The van der Waals surface area contributed by atoms with E-state index in [0.29, 0.717) is 28.4 Å². The van der Waals surface area contributed by atoms with Crippen molar-refractivity contribution in [1.82, 2.24) is 19.9 Å². The van der Waals surface area contributed by atoms with Gasteiger partial charge in [0.25, 0.3) is 5.56 Å². The Kier molecular flexibility index (Phi) is 3.98. The van der Waals surface area contributed by atoms with Crippen molar-refractivity contribution < 1.29 is 4.52 Å². The molecule has 0 atom stereocenters. The van der Waals surface area contributed by atoms with Gasteiger partial charge >= 0.3 is 0 Å². The van der Waals surface area contributed by atoms with E-state index in [-0.39, 0.29) is 11.6 Å². The molecule has 2 rings (SSSR count). The molecule has 2 heterocycles. The van der Waals surface area contributed by atoms with Gasteiger partial charge in [0.2, 0.25) is 5.89 Å². The number of anilines is 1. The van der Waals surface area contributed by atoms with Crippen molar-refractivity contribution in [3.05, 3.63) is 32.7 Å². The minimum Gasteiger partial charge on any atom is -0.375 e. The Bertz CT molecular complexity index is 634. The SMILES string of the molecule is Cc1nc(CNc2cnn(C(C)C)c(=O)c2Br)no1. The Morgan fingerprint density at radius 2 is 2.26 bits per heavy atom. The van der Waals surface area contributed by atoms with Crippen LogP contribution in [0, 0.1) is 6.92 Å². The van der Waals surface area contributed by atoms with Crippen LogP contribution in [0.3, 0.4) is 0 Å². The number of nitrogens with zero attached hydrogens (tertiary/aromatic N) is 4. The smallest absolute Gasteiger partial charge is 0.283 e. The van der Waals surface area contributed by atoms with Crippen LogP contribution in [0.2, 0.25) is 0 Å². The number of hydrogen-bond donors (Lipinski definition) is 1. The Balaban J connectivity index is 2.18. The minimum atomic E-state index is -0.177.